The lowest BCUT2D eigenvalue weighted by atomic mass is 10.1. The molecule has 1 heterocycles. The van der Waals surface area contributed by atoms with Gasteiger partial charge in [0.05, 0.1) is 12.1 Å². The standard InChI is InChI=1S/C12H13NO/c1-8-6-9(2)13-12-10(7-14)4-3-5-11(8)12/h3-6,14H,7H2,1-2H3. The van der Waals surface area contributed by atoms with E-state index in [4.69, 9.17) is 0 Å². The first kappa shape index (κ1) is 9.16. The Balaban J connectivity index is 2.86. The lowest BCUT2D eigenvalue weighted by molar-refractivity contribution is 0.283. The zero-order valence-corrected chi connectivity index (χ0v) is 8.41. The van der Waals surface area contributed by atoms with E-state index in [0.29, 0.717) is 0 Å². The fourth-order valence-corrected chi connectivity index (χ4v) is 1.77. The van der Waals surface area contributed by atoms with E-state index in [0.717, 1.165) is 22.2 Å². The Hall–Kier alpha value is -1.41. The van der Waals surface area contributed by atoms with Crippen molar-refractivity contribution in [3.8, 4) is 0 Å². The second-order valence-corrected chi connectivity index (χ2v) is 3.55. The van der Waals surface area contributed by atoms with Gasteiger partial charge in [0.1, 0.15) is 0 Å². The number of rotatable bonds is 1. The number of fused-ring (bicyclic) bond motifs is 1. The van der Waals surface area contributed by atoms with E-state index < -0.39 is 0 Å². The zero-order chi connectivity index (χ0) is 10.1. The number of pyridine rings is 1. The lowest BCUT2D eigenvalue weighted by Crippen LogP contribution is -1.92. The normalized spacial score (nSPS) is 10.8. The predicted molar refractivity (Wildman–Crippen MR) is 57.1 cm³/mol. The van der Waals surface area contributed by atoms with Gasteiger partial charge in [0, 0.05) is 16.6 Å². The maximum atomic E-state index is 9.18. The van der Waals surface area contributed by atoms with Crippen LogP contribution in [-0.4, -0.2) is 10.1 Å². The molecule has 1 N–H and O–H groups in total. The average Bonchev–Trinajstić information content (AvgIpc) is 2.17. The van der Waals surface area contributed by atoms with Crippen LogP contribution in [0.4, 0.5) is 0 Å². The minimum atomic E-state index is 0.0488. The number of aryl methyl sites for hydroxylation is 2. The summed E-state index contributed by atoms with van der Waals surface area (Å²) in [6.45, 7) is 4.09. The molecule has 0 aliphatic carbocycles. The van der Waals surface area contributed by atoms with Crippen LogP contribution in [0.25, 0.3) is 10.9 Å². The van der Waals surface area contributed by atoms with Crippen LogP contribution in [0.1, 0.15) is 16.8 Å². The van der Waals surface area contributed by atoms with Gasteiger partial charge in [0.25, 0.3) is 0 Å². The van der Waals surface area contributed by atoms with Gasteiger partial charge in [0.15, 0.2) is 0 Å². The summed E-state index contributed by atoms with van der Waals surface area (Å²) in [6.07, 6.45) is 0. The fourth-order valence-electron chi connectivity index (χ4n) is 1.77. The van der Waals surface area contributed by atoms with Gasteiger partial charge in [-0.1, -0.05) is 18.2 Å². The first-order valence-corrected chi connectivity index (χ1v) is 4.69. The molecule has 0 spiro atoms. The Bertz CT molecular complexity index is 477. The number of aromatic nitrogens is 1. The van der Waals surface area contributed by atoms with E-state index in [9.17, 15) is 5.11 Å². The smallest absolute Gasteiger partial charge is 0.0762 e. The third-order valence-electron chi connectivity index (χ3n) is 2.43. The van der Waals surface area contributed by atoms with Crippen molar-refractivity contribution in [1.82, 2.24) is 4.98 Å². The molecule has 0 saturated heterocycles. The molecular formula is C12H13NO. The van der Waals surface area contributed by atoms with Gasteiger partial charge in [-0.25, -0.2) is 0 Å². The van der Waals surface area contributed by atoms with Gasteiger partial charge in [-0.3, -0.25) is 4.98 Å². The van der Waals surface area contributed by atoms with Crippen molar-refractivity contribution in [1.29, 1.82) is 0 Å². The second-order valence-electron chi connectivity index (χ2n) is 3.55. The van der Waals surface area contributed by atoms with Crippen molar-refractivity contribution >= 4 is 10.9 Å². The van der Waals surface area contributed by atoms with Gasteiger partial charge in [-0.05, 0) is 25.5 Å². The monoisotopic (exact) mass is 187 g/mol. The van der Waals surface area contributed by atoms with E-state index in [1.807, 2.05) is 25.1 Å². The molecule has 0 aliphatic heterocycles. The molecule has 0 bridgehead atoms. The quantitative estimate of drug-likeness (QED) is 0.743. The highest BCUT2D eigenvalue weighted by atomic mass is 16.3. The molecule has 1 aromatic carbocycles. The van der Waals surface area contributed by atoms with Crippen molar-refractivity contribution in [2.24, 2.45) is 0 Å². The van der Waals surface area contributed by atoms with Gasteiger partial charge < -0.3 is 5.11 Å². The highest BCUT2D eigenvalue weighted by Gasteiger charge is 2.03. The molecule has 0 aliphatic rings. The third-order valence-corrected chi connectivity index (χ3v) is 2.43. The molecule has 2 heteroatoms. The maximum Gasteiger partial charge on any atom is 0.0762 e. The van der Waals surface area contributed by atoms with E-state index in [1.165, 1.54) is 5.56 Å². The Morgan fingerprint density at radius 3 is 2.79 bits per heavy atom. The summed E-state index contributed by atoms with van der Waals surface area (Å²) >= 11 is 0. The van der Waals surface area contributed by atoms with Crippen molar-refractivity contribution in [3.63, 3.8) is 0 Å². The van der Waals surface area contributed by atoms with Gasteiger partial charge in [0.2, 0.25) is 0 Å². The summed E-state index contributed by atoms with van der Waals surface area (Å²) in [6, 6.07) is 7.96. The summed E-state index contributed by atoms with van der Waals surface area (Å²) in [5.41, 5.74) is 4.03. The number of benzene rings is 1. The van der Waals surface area contributed by atoms with E-state index in [2.05, 4.69) is 18.0 Å². The van der Waals surface area contributed by atoms with E-state index in [1.54, 1.807) is 0 Å². The van der Waals surface area contributed by atoms with Crippen molar-refractivity contribution in [2.45, 2.75) is 20.5 Å². The van der Waals surface area contributed by atoms with Crippen LogP contribution in [0.2, 0.25) is 0 Å². The number of aliphatic hydroxyl groups is 1. The van der Waals surface area contributed by atoms with Gasteiger partial charge >= 0.3 is 0 Å². The fraction of sp³-hybridized carbons (Fsp3) is 0.250. The van der Waals surface area contributed by atoms with Crippen LogP contribution in [0.3, 0.4) is 0 Å². The second kappa shape index (κ2) is 3.39. The summed E-state index contributed by atoms with van der Waals surface area (Å²) in [5.74, 6) is 0. The Morgan fingerprint density at radius 1 is 1.29 bits per heavy atom. The van der Waals surface area contributed by atoms with Gasteiger partial charge in [-0.15, -0.1) is 0 Å². The number of hydrogen-bond acceptors (Lipinski definition) is 2. The molecule has 14 heavy (non-hydrogen) atoms. The van der Waals surface area contributed by atoms with Crippen LogP contribution in [0, 0.1) is 13.8 Å². The molecule has 72 valence electrons. The minimum absolute atomic E-state index is 0.0488. The summed E-state index contributed by atoms with van der Waals surface area (Å²) in [4.78, 5) is 4.45. The molecule has 0 radical (unpaired) electrons. The van der Waals surface area contributed by atoms with Crippen molar-refractivity contribution in [3.05, 3.63) is 41.1 Å². The van der Waals surface area contributed by atoms with Crippen molar-refractivity contribution < 1.29 is 5.11 Å². The van der Waals surface area contributed by atoms with Crippen LogP contribution >= 0.6 is 0 Å². The molecule has 0 amide bonds. The van der Waals surface area contributed by atoms with Gasteiger partial charge in [-0.2, -0.15) is 0 Å². The number of nitrogens with zero attached hydrogens (tertiary/aromatic N) is 1. The Morgan fingerprint density at radius 2 is 2.07 bits per heavy atom. The largest absolute Gasteiger partial charge is 0.392 e. The Labute approximate surface area is 83.2 Å². The van der Waals surface area contributed by atoms with E-state index >= 15 is 0 Å². The predicted octanol–water partition coefficient (Wildman–Crippen LogP) is 2.34. The molecule has 0 saturated carbocycles. The average molecular weight is 187 g/mol. The summed E-state index contributed by atoms with van der Waals surface area (Å²) in [5, 5.41) is 10.3. The number of aliphatic hydroxyl groups excluding tert-OH is 1. The number of para-hydroxylation sites is 1. The first-order chi connectivity index (χ1) is 6.72. The van der Waals surface area contributed by atoms with Crippen LogP contribution < -0.4 is 0 Å². The molecule has 2 rings (SSSR count). The summed E-state index contributed by atoms with van der Waals surface area (Å²) < 4.78 is 0. The van der Waals surface area contributed by atoms with Crippen LogP contribution in [-0.2, 0) is 6.61 Å². The molecule has 1 aromatic heterocycles. The highest BCUT2D eigenvalue weighted by Crippen LogP contribution is 2.20. The molecule has 2 nitrogen and oxygen atoms in total. The first-order valence-electron chi connectivity index (χ1n) is 4.69. The minimum Gasteiger partial charge on any atom is -0.392 e. The molecule has 0 unspecified atom stereocenters. The maximum absolute atomic E-state index is 9.18. The van der Waals surface area contributed by atoms with Crippen LogP contribution in [0.15, 0.2) is 24.3 Å². The molecule has 0 fully saturated rings. The summed E-state index contributed by atoms with van der Waals surface area (Å²) in [7, 11) is 0. The molecule has 0 atom stereocenters. The lowest BCUT2D eigenvalue weighted by Gasteiger charge is -2.06. The van der Waals surface area contributed by atoms with Crippen molar-refractivity contribution in [2.75, 3.05) is 0 Å². The SMILES string of the molecule is Cc1cc(C)c2cccc(CO)c2n1. The van der Waals surface area contributed by atoms with E-state index in [-0.39, 0.29) is 6.61 Å². The molecular weight excluding hydrogens is 174 g/mol. The number of hydrogen-bond donors (Lipinski definition) is 1. The highest BCUT2D eigenvalue weighted by molar-refractivity contribution is 5.84. The van der Waals surface area contributed by atoms with Crippen LogP contribution in [0.5, 0.6) is 0 Å². The third kappa shape index (κ3) is 1.38. The Kier molecular flexibility index (Phi) is 2.22. The zero-order valence-electron chi connectivity index (χ0n) is 8.41. The topological polar surface area (TPSA) is 33.1 Å². The molecule has 2 aromatic rings.